The number of nitrogens with zero attached hydrogens (tertiary/aromatic N) is 3. The number of hydrogen-bond acceptors (Lipinski definition) is 6. The van der Waals surface area contributed by atoms with Gasteiger partial charge in [-0.2, -0.15) is 15.0 Å². The zero-order chi connectivity index (χ0) is 12.8. The van der Waals surface area contributed by atoms with Crippen LogP contribution in [0.5, 0.6) is 6.01 Å². The number of aromatic nitrogens is 3. The van der Waals surface area contributed by atoms with E-state index >= 15 is 0 Å². The molecule has 1 atom stereocenters. The first-order valence-corrected chi connectivity index (χ1v) is 6.62. The maximum atomic E-state index is 8.83. The molecule has 0 saturated heterocycles. The minimum Gasteiger partial charge on any atom is -0.461 e. The van der Waals surface area contributed by atoms with E-state index in [-0.39, 0.29) is 29.3 Å². The van der Waals surface area contributed by atoms with Crippen molar-refractivity contribution in [2.75, 3.05) is 6.61 Å². The highest BCUT2D eigenvalue weighted by molar-refractivity contribution is 7.99. The van der Waals surface area contributed by atoms with Crippen molar-refractivity contribution < 1.29 is 9.84 Å². The first-order chi connectivity index (χ1) is 8.01. The summed E-state index contributed by atoms with van der Waals surface area (Å²) >= 11 is 7.23. The molecule has 0 aromatic carbocycles. The molecule has 1 aromatic heterocycles. The molecule has 1 N–H and O–H groups in total. The highest BCUT2D eigenvalue weighted by atomic mass is 35.5. The van der Waals surface area contributed by atoms with E-state index in [0.29, 0.717) is 11.6 Å². The van der Waals surface area contributed by atoms with Crippen molar-refractivity contribution in [1.29, 1.82) is 0 Å². The summed E-state index contributed by atoms with van der Waals surface area (Å²) in [6.07, 6.45) is 0.662. The molecule has 0 radical (unpaired) electrons. The van der Waals surface area contributed by atoms with Crippen molar-refractivity contribution in [1.82, 2.24) is 15.0 Å². The predicted molar refractivity (Wildman–Crippen MR) is 67.6 cm³/mol. The second kappa shape index (κ2) is 6.98. The molecule has 0 fully saturated rings. The predicted octanol–water partition coefficient (Wildman–Crippen LogP) is 2.18. The van der Waals surface area contributed by atoms with Gasteiger partial charge in [0, 0.05) is 11.9 Å². The van der Waals surface area contributed by atoms with Gasteiger partial charge in [0.05, 0.1) is 6.10 Å². The smallest absolute Gasteiger partial charge is 0.321 e. The molecule has 0 aliphatic carbocycles. The van der Waals surface area contributed by atoms with Crippen LogP contribution in [0.3, 0.4) is 0 Å². The average molecular weight is 278 g/mol. The van der Waals surface area contributed by atoms with Crippen molar-refractivity contribution in [3.05, 3.63) is 5.28 Å². The largest absolute Gasteiger partial charge is 0.461 e. The molecule has 1 aromatic rings. The van der Waals surface area contributed by atoms with Gasteiger partial charge in [0.15, 0.2) is 5.16 Å². The topological polar surface area (TPSA) is 68.1 Å². The van der Waals surface area contributed by atoms with Gasteiger partial charge in [0.25, 0.3) is 0 Å². The number of aliphatic hydroxyl groups is 1. The Morgan fingerprint density at radius 1 is 1.29 bits per heavy atom. The summed E-state index contributed by atoms with van der Waals surface area (Å²) < 4.78 is 5.37. The standard InChI is InChI=1S/C10H16ClN3O2S/c1-6(2)16-9-12-8(11)13-10(14-9)17-7(3)4-5-15/h6-7,15H,4-5H2,1-3H3. The van der Waals surface area contributed by atoms with E-state index in [0.717, 1.165) is 0 Å². The summed E-state index contributed by atoms with van der Waals surface area (Å²) in [5, 5.41) is 9.67. The maximum absolute atomic E-state index is 8.83. The van der Waals surface area contributed by atoms with Crippen molar-refractivity contribution in [3.8, 4) is 6.01 Å². The molecule has 0 aliphatic heterocycles. The Hall–Kier alpha value is -0.590. The van der Waals surface area contributed by atoms with E-state index in [2.05, 4.69) is 15.0 Å². The first-order valence-electron chi connectivity index (χ1n) is 5.37. The molecule has 0 spiro atoms. The van der Waals surface area contributed by atoms with Gasteiger partial charge >= 0.3 is 6.01 Å². The number of aliphatic hydroxyl groups excluding tert-OH is 1. The molecule has 0 saturated carbocycles. The van der Waals surface area contributed by atoms with Crippen LogP contribution in [-0.2, 0) is 0 Å². The third-order valence-corrected chi connectivity index (χ3v) is 2.95. The van der Waals surface area contributed by atoms with Crippen LogP contribution in [0.2, 0.25) is 5.28 Å². The number of rotatable bonds is 6. The van der Waals surface area contributed by atoms with Gasteiger partial charge in [-0.3, -0.25) is 0 Å². The van der Waals surface area contributed by atoms with Gasteiger partial charge in [-0.25, -0.2) is 0 Å². The summed E-state index contributed by atoms with van der Waals surface area (Å²) in [7, 11) is 0. The monoisotopic (exact) mass is 277 g/mol. The number of ether oxygens (including phenoxy) is 1. The number of thioether (sulfide) groups is 1. The van der Waals surface area contributed by atoms with Crippen molar-refractivity contribution >= 4 is 23.4 Å². The van der Waals surface area contributed by atoms with Crippen LogP contribution in [-0.4, -0.2) is 38.0 Å². The normalized spacial score (nSPS) is 12.8. The third-order valence-electron chi connectivity index (χ3n) is 1.75. The van der Waals surface area contributed by atoms with E-state index < -0.39 is 0 Å². The Morgan fingerprint density at radius 2 is 2.00 bits per heavy atom. The van der Waals surface area contributed by atoms with Crippen LogP contribution in [0.4, 0.5) is 0 Å². The molecule has 1 unspecified atom stereocenters. The molecule has 1 rings (SSSR count). The summed E-state index contributed by atoms with van der Waals surface area (Å²) in [5.74, 6) is 0. The Labute approximate surface area is 110 Å². The van der Waals surface area contributed by atoms with Crippen molar-refractivity contribution in [3.63, 3.8) is 0 Å². The Balaban J connectivity index is 2.74. The van der Waals surface area contributed by atoms with Gasteiger partial charge in [0.1, 0.15) is 0 Å². The number of hydrogen-bond donors (Lipinski definition) is 1. The van der Waals surface area contributed by atoms with Crippen molar-refractivity contribution in [2.24, 2.45) is 0 Å². The van der Waals surface area contributed by atoms with E-state index in [9.17, 15) is 0 Å². The Kier molecular flexibility index (Phi) is 5.94. The highest BCUT2D eigenvalue weighted by Gasteiger charge is 2.11. The second-order valence-electron chi connectivity index (χ2n) is 3.78. The Morgan fingerprint density at radius 3 is 2.59 bits per heavy atom. The van der Waals surface area contributed by atoms with Crippen LogP contribution in [0.25, 0.3) is 0 Å². The first kappa shape index (κ1) is 14.5. The lowest BCUT2D eigenvalue weighted by atomic mass is 10.4. The van der Waals surface area contributed by atoms with Crippen LogP contribution in [0.15, 0.2) is 5.16 Å². The average Bonchev–Trinajstić information content (AvgIpc) is 2.14. The van der Waals surface area contributed by atoms with E-state index in [1.54, 1.807) is 0 Å². The van der Waals surface area contributed by atoms with Gasteiger partial charge in [0.2, 0.25) is 5.28 Å². The highest BCUT2D eigenvalue weighted by Crippen LogP contribution is 2.23. The number of halogens is 1. The molecule has 17 heavy (non-hydrogen) atoms. The zero-order valence-electron chi connectivity index (χ0n) is 10.1. The van der Waals surface area contributed by atoms with Gasteiger partial charge in [-0.05, 0) is 31.9 Å². The lowest BCUT2D eigenvalue weighted by Crippen LogP contribution is -2.10. The molecule has 7 heteroatoms. The van der Waals surface area contributed by atoms with Crippen LogP contribution >= 0.6 is 23.4 Å². The molecule has 5 nitrogen and oxygen atoms in total. The summed E-state index contributed by atoms with van der Waals surface area (Å²) in [6, 6.07) is 0.235. The maximum Gasteiger partial charge on any atom is 0.321 e. The van der Waals surface area contributed by atoms with E-state index in [1.807, 2.05) is 20.8 Å². The fourth-order valence-electron chi connectivity index (χ4n) is 1.05. The second-order valence-corrected chi connectivity index (χ2v) is 5.52. The van der Waals surface area contributed by atoms with E-state index in [4.69, 9.17) is 21.4 Å². The molecule has 0 bridgehead atoms. The fraction of sp³-hybridized carbons (Fsp3) is 0.700. The molecular weight excluding hydrogens is 262 g/mol. The zero-order valence-corrected chi connectivity index (χ0v) is 11.6. The summed E-state index contributed by atoms with van der Waals surface area (Å²) in [6.45, 7) is 5.90. The molecule has 96 valence electrons. The van der Waals surface area contributed by atoms with E-state index in [1.165, 1.54) is 11.8 Å². The molecule has 1 heterocycles. The van der Waals surface area contributed by atoms with Crippen LogP contribution in [0.1, 0.15) is 27.2 Å². The Bertz CT molecular complexity index is 365. The van der Waals surface area contributed by atoms with Gasteiger partial charge in [-0.1, -0.05) is 18.7 Å². The molecule has 0 amide bonds. The summed E-state index contributed by atoms with van der Waals surface area (Å²) in [4.78, 5) is 12.0. The molecule has 0 aliphatic rings. The molecular formula is C10H16ClN3O2S. The van der Waals surface area contributed by atoms with Gasteiger partial charge in [-0.15, -0.1) is 0 Å². The minimum absolute atomic E-state index is 0.0128. The van der Waals surface area contributed by atoms with Crippen LogP contribution in [0, 0.1) is 0 Å². The lowest BCUT2D eigenvalue weighted by Gasteiger charge is -2.10. The van der Waals surface area contributed by atoms with Crippen LogP contribution < -0.4 is 4.74 Å². The fourth-order valence-corrected chi connectivity index (χ4v) is 2.11. The quantitative estimate of drug-likeness (QED) is 0.804. The van der Waals surface area contributed by atoms with Crippen molar-refractivity contribution in [2.45, 2.75) is 43.7 Å². The third kappa shape index (κ3) is 5.52. The minimum atomic E-state index is -0.0128. The lowest BCUT2D eigenvalue weighted by molar-refractivity contribution is 0.219. The summed E-state index contributed by atoms with van der Waals surface area (Å²) in [5.41, 5.74) is 0. The SMILES string of the molecule is CC(C)Oc1nc(Cl)nc(SC(C)CCO)n1. The van der Waals surface area contributed by atoms with Gasteiger partial charge < -0.3 is 9.84 Å².